The van der Waals surface area contributed by atoms with E-state index in [4.69, 9.17) is 5.11 Å². The van der Waals surface area contributed by atoms with Gasteiger partial charge in [0.15, 0.2) is 6.10 Å². The minimum atomic E-state index is -1.04. The molecule has 6 fully saturated rings. The summed E-state index contributed by atoms with van der Waals surface area (Å²) in [5.41, 5.74) is -0.0966. The predicted molar refractivity (Wildman–Crippen MR) is 40.5 cm³/mol. The first-order chi connectivity index (χ1) is 6.22. The van der Waals surface area contributed by atoms with Crippen molar-refractivity contribution in [2.45, 2.75) is 6.10 Å². The second-order valence-electron chi connectivity index (χ2n) is 5.63. The lowest BCUT2D eigenvalue weighted by atomic mass is 8.96. The maximum Gasteiger partial charge on any atom is 0.333 e. The summed E-state index contributed by atoms with van der Waals surface area (Å²) in [6.07, 6.45) is -1.04. The average molecular weight is 178 g/mol. The first-order valence-corrected chi connectivity index (χ1v) is 5.13. The molecule has 6 aliphatic carbocycles. The van der Waals surface area contributed by atoms with Crippen LogP contribution in [0.15, 0.2) is 0 Å². The van der Waals surface area contributed by atoms with Gasteiger partial charge in [0.2, 0.25) is 0 Å². The molecule has 0 aliphatic heterocycles. The molecule has 1 unspecified atom stereocenters. The van der Waals surface area contributed by atoms with Crippen molar-refractivity contribution in [3.05, 3.63) is 0 Å². The van der Waals surface area contributed by atoms with Gasteiger partial charge < -0.3 is 10.2 Å². The molecule has 0 aromatic rings. The molecule has 1 atom stereocenters. The maximum atomic E-state index is 10.8. The molecule has 3 nitrogen and oxygen atoms in total. The number of aliphatic hydroxyl groups is 1. The molecule has 0 saturated heterocycles. The van der Waals surface area contributed by atoms with E-state index in [2.05, 4.69) is 0 Å². The summed E-state index contributed by atoms with van der Waals surface area (Å²) in [6.45, 7) is 0. The van der Waals surface area contributed by atoms with Crippen LogP contribution in [0.2, 0.25) is 0 Å². The first kappa shape index (κ1) is 6.02. The number of hydrogen-bond acceptors (Lipinski definition) is 2. The van der Waals surface area contributed by atoms with E-state index >= 15 is 0 Å². The highest BCUT2D eigenvalue weighted by molar-refractivity contribution is 5.76. The second-order valence-corrected chi connectivity index (χ2v) is 5.63. The SMILES string of the molecule is O=C(O)C(O)C12C3C4C5C3C1C5C42. The fraction of sp³-hybridized carbons (Fsp3) is 0.900. The third-order valence-electron chi connectivity index (χ3n) is 6.26. The van der Waals surface area contributed by atoms with Gasteiger partial charge in [-0.2, -0.15) is 0 Å². The topological polar surface area (TPSA) is 57.5 Å². The van der Waals surface area contributed by atoms with Crippen molar-refractivity contribution >= 4 is 5.97 Å². The summed E-state index contributed by atoms with van der Waals surface area (Å²) in [4.78, 5) is 10.8. The van der Waals surface area contributed by atoms with E-state index in [1.807, 2.05) is 0 Å². The van der Waals surface area contributed by atoms with Gasteiger partial charge in [-0.05, 0) is 41.4 Å². The zero-order valence-electron chi connectivity index (χ0n) is 6.92. The minimum Gasteiger partial charge on any atom is -0.479 e. The normalized spacial score (nSPS) is 79.0. The van der Waals surface area contributed by atoms with Gasteiger partial charge in [0.1, 0.15) is 0 Å². The molecule has 6 rings (SSSR count). The lowest BCUT2D eigenvalue weighted by Crippen LogP contribution is -3.07. The van der Waals surface area contributed by atoms with Crippen LogP contribution in [0, 0.1) is 46.8 Å². The van der Waals surface area contributed by atoms with E-state index in [0.29, 0.717) is 17.8 Å². The first-order valence-electron chi connectivity index (χ1n) is 5.13. The van der Waals surface area contributed by atoms with Crippen molar-refractivity contribution in [3.8, 4) is 0 Å². The molecule has 68 valence electrons. The molecular weight excluding hydrogens is 168 g/mol. The zero-order valence-corrected chi connectivity index (χ0v) is 6.92. The van der Waals surface area contributed by atoms with E-state index < -0.39 is 12.1 Å². The molecule has 0 bridgehead atoms. The van der Waals surface area contributed by atoms with Gasteiger partial charge in [0.05, 0.1) is 0 Å². The summed E-state index contributed by atoms with van der Waals surface area (Å²) >= 11 is 0. The number of carboxylic acid groups (broad SMARTS) is 1. The molecule has 0 heterocycles. The average Bonchev–Trinajstić information content (AvgIpc) is 2.17. The van der Waals surface area contributed by atoms with Crippen LogP contribution in [0.5, 0.6) is 0 Å². The number of rotatable bonds is 2. The molecule has 6 aliphatic rings. The Bertz CT molecular complexity index is 324. The number of aliphatic carboxylic acids is 1. The Labute approximate surface area is 74.7 Å². The Balaban J connectivity index is 1.62. The van der Waals surface area contributed by atoms with Gasteiger partial charge in [0, 0.05) is 5.41 Å². The number of carboxylic acids is 1. The van der Waals surface area contributed by atoms with E-state index in [-0.39, 0.29) is 5.41 Å². The largest absolute Gasteiger partial charge is 0.479 e. The van der Waals surface area contributed by atoms with E-state index in [1.54, 1.807) is 0 Å². The highest BCUT2D eigenvalue weighted by atomic mass is 16.4. The summed E-state index contributed by atoms with van der Waals surface area (Å²) < 4.78 is 0. The van der Waals surface area contributed by atoms with Crippen molar-refractivity contribution in [2.75, 3.05) is 0 Å². The lowest BCUT2D eigenvalue weighted by Gasteiger charge is -3.08. The van der Waals surface area contributed by atoms with E-state index in [9.17, 15) is 9.90 Å². The van der Waals surface area contributed by atoms with Crippen molar-refractivity contribution < 1.29 is 15.0 Å². The van der Waals surface area contributed by atoms with Gasteiger partial charge in [0.25, 0.3) is 0 Å². The Morgan fingerprint density at radius 1 is 1.08 bits per heavy atom. The van der Waals surface area contributed by atoms with Crippen molar-refractivity contribution in [3.63, 3.8) is 0 Å². The van der Waals surface area contributed by atoms with Crippen molar-refractivity contribution in [2.24, 2.45) is 46.8 Å². The molecule has 0 aromatic carbocycles. The summed E-state index contributed by atoms with van der Waals surface area (Å²) in [7, 11) is 0. The maximum absolute atomic E-state index is 10.8. The molecule has 3 heteroatoms. The summed E-state index contributed by atoms with van der Waals surface area (Å²) in [5.74, 6) is 4.45. The molecule has 2 N–H and O–H groups in total. The smallest absolute Gasteiger partial charge is 0.333 e. The molecule has 0 amide bonds. The molecule has 13 heavy (non-hydrogen) atoms. The summed E-state index contributed by atoms with van der Waals surface area (Å²) in [6, 6.07) is 0. The second kappa shape index (κ2) is 1.18. The van der Waals surface area contributed by atoms with Crippen LogP contribution in [-0.4, -0.2) is 22.3 Å². The number of hydrogen-bond donors (Lipinski definition) is 2. The highest BCUT2D eigenvalue weighted by Crippen LogP contribution is 3.06. The van der Waals surface area contributed by atoms with Crippen LogP contribution in [0.3, 0.4) is 0 Å². The molecule has 0 radical (unpaired) electrons. The van der Waals surface area contributed by atoms with Gasteiger partial charge in [-0.15, -0.1) is 0 Å². The van der Waals surface area contributed by atoms with Crippen molar-refractivity contribution in [1.82, 2.24) is 0 Å². The Hall–Kier alpha value is -0.570. The van der Waals surface area contributed by atoms with Crippen molar-refractivity contribution in [1.29, 1.82) is 0 Å². The third-order valence-corrected chi connectivity index (χ3v) is 6.26. The van der Waals surface area contributed by atoms with Crippen LogP contribution in [0.4, 0.5) is 0 Å². The fourth-order valence-electron chi connectivity index (χ4n) is 6.28. The Morgan fingerprint density at radius 2 is 1.54 bits per heavy atom. The number of carbonyl (C=O) groups is 1. The van der Waals surface area contributed by atoms with E-state index in [1.165, 1.54) is 0 Å². The van der Waals surface area contributed by atoms with Gasteiger partial charge in [-0.25, -0.2) is 4.79 Å². The number of aliphatic hydroxyl groups excluding tert-OH is 1. The monoisotopic (exact) mass is 178 g/mol. The lowest BCUT2D eigenvalue weighted by molar-refractivity contribution is -0.624. The third kappa shape index (κ3) is 0.253. The van der Waals surface area contributed by atoms with Crippen LogP contribution < -0.4 is 0 Å². The molecule has 0 aromatic heterocycles. The van der Waals surface area contributed by atoms with Crippen LogP contribution in [0.1, 0.15) is 0 Å². The van der Waals surface area contributed by atoms with Crippen LogP contribution >= 0.6 is 0 Å². The quantitative estimate of drug-likeness (QED) is 0.615. The standard InChI is InChI=1S/C10H10O3/c11-8(9(12)13)10-5-2-1-3(5)7(10)4(1)6(2)10/h1-8,11H,(H,12,13). The zero-order chi connectivity index (χ0) is 8.70. The highest BCUT2D eigenvalue weighted by Gasteiger charge is 3.05. The van der Waals surface area contributed by atoms with Crippen LogP contribution in [0.25, 0.3) is 0 Å². The molecular formula is C10H10O3. The predicted octanol–water partition coefficient (Wildman–Crippen LogP) is -0.200. The molecule has 6 saturated carbocycles. The molecule has 0 spiro atoms. The fourth-order valence-corrected chi connectivity index (χ4v) is 6.28. The van der Waals surface area contributed by atoms with Gasteiger partial charge in [-0.3, -0.25) is 0 Å². The van der Waals surface area contributed by atoms with Gasteiger partial charge >= 0.3 is 5.97 Å². The van der Waals surface area contributed by atoms with E-state index in [0.717, 1.165) is 23.7 Å². The minimum absolute atomic E-state index is 0.0966. The Morgan fingerprint density at radius 3 is 1.92 bits per heavy atom. The van der Waals surface area contributed by atoms with Crippen LogP contribution in [-0.2, 0) is 4.79 Å². The summed E-state index contributed by atoms with van der Waals surface area (Å²) in [5, 5.41) is 18.5. The van der Waals surface area contributed by atoms with Gasteiger partial charge in [-0.1, -0.05) is 0 Å². The Kier molecular flexibility index (Phi) is 0.547.